The smallest absolute Gasteiger partial charge is 0.322 e. The third-order valence-corrected chi connectivity index (χ3v) is 4.05. The molecule has 2 amide bonds. The summed E-state index contributed by atoms with van der Waals surface area (Å²) < 4.78 is 5.25. The largest absolute Gasteiger partial charge is 0.359 e. The summed E-state index contributed by atoms with van der Waals surface area (Å²) >= 11 is 6.22. The SMILES string of the molecule is Cc1onc(-c2ccccc2Cl)c1NC(=O)N1CC[NH2+]CC1. The summed E-state index contributed by atoms with van der Waals surface area (Å²) in [4.78, 5) is 14.2. The number of urea groups is 1. The molecule has 2 aromatic rings. The van der Waals surface area contributed by atoms with Crippen LogP contribution in [0.3, 0.4) is 0 Å². The molecule has 1 aliphatic rings. The fraction of sp³-hybridized carbons (Fsp3) is 0.333. The summed E-state index contributed by atoms with van der Waals surface area (Å²) in [6.45, 7) is 5.09. The number of nitrogens with one attached hydrogen (secondary N) is 1. The number of carbonyl (C=O) groups is 1. The van der Waals surface area contributed by atoms with E-state index in [0.717, 1.165) is 31.7 Å². The second-order valence-electron chi connectivity index (χ2n) is 5.23. The molecule has 0 atom stereocenters. The van der Waals surface area contributed by atoms with Gasteiger partial charge in [0.25, 0.3) is 0 Å². The molecule has 3 rings (SSSR count). The van der Waals surface area contributed by atoms with Crippen molar-refractivity contribution in [3.8, 4) is 11.3 Å². The van der Waals surface area contributed by atoms with Gasteiger partial charge in [0.2, 0.25) is 0 Å². The average molecular weight is 322 g/mol. The highest BCUT2D eigenvalue weighted by molar-refractivity contribution is 6.33. The number of anilines is 1. The zero-order valence-electron chi connectivity index (χ0n) is 12.3. The maximum Gasteiger partial charge on any atom is 0.322 e. The minimum absolute atomic E-state index is 0.132. The van der Waals surface area contributed by atoms with E-state index in [0.29, 0.717) is 22.2 Å². The lowest BCUT2D eigenvalue weighted by Gasteiger charge is -2.25. The number of piperazine rings is 1. The second-order valence-corrected chi connectivity index (χ2v) is 5.63. The Balaban J connectivity index is 1.86. The lowest BCUT2D eigenvalue weighted by Crippen LogP contribution is -2.90. The Bertz CT molecular complexity index is 680. The monoisotopic (exact) mass is 321 g/mol. The number of amides is 2. The van der Waals surface area contributed by atoms with Gasteiger partial charge in [0.1, 0.15) is 11.4 Å². The number of nitrogens with two attached hydrogens (primary N) is 1. The Hall–Kier alpha value is -2.05. The zero-order chi connectivity index (χ0) is 15.5. The predicted molar refractivity (Wildman–Crippen MR) is 83.9 cm³/mol. The molecule has 1 aromatic heterocycles. The molecule has 6 nitrogen and oxygen atoms in total. The molecule has 1 saturated heterocycles. The fourth-order valence-electron chi connectivity index (χ4n) is 2.50. The van der Waals surface area contributed by atoms with E-state index in [1.807, 2.05) is 18.2 Å². The Morgan fingerprint density at radius 1 is 1.36 bits per heavy atom. The first-order valence-electron chi connectivity index (χ1n) is 7.25. The van der Waals surface area contributed by atoms with Crippen molar-refractivity contribution in [2.45, 2.75) is 6.92 Å². The Morgan fingerprint density at radius 3 is 2.82 bits per heavy atom. The normalized spacial score (nSPS) is 14.9. The van der Waals surface area contributed by atoms with Crippen molar-refractivity contribution in [2.24, 2.45) is 0 Å². The van der Waals surface area contributed by atoms with Gasteiger partial charge in [-0.25, -0.2) is 4.79 Å². The molecule has 2 heterocycles. The fourth-order valence-corrected chi connectivity index (χ4v) is 2.72. The van der Waals surface area contributed by atoms with E-state index < -0.39 is 0 Å². The maximum absolute atomic E-state index is 12.4. The highest BCUT2D eigenvalue weighted by atomic mass is 35.5. The van der Waals surface area contributed by atoms with E-state index in [1.54, 1.807) is 17.9 Å². The number of aryl methyl sites for hydroxylation is 1. The molecule has 3 N–H and O–H groups in total. The van der Waals surface area contributed by atoms with E-state index in [4.69, 9.17) is 16.1 Å². The number of benzene rings is 1. The minimum Gasteiger partial charge on any atom is -0.359 e. The molecule has 7 heteroatoms. The molecule has 0 bridgehead atoms. The van der Waals surface area contributed by atoms with Gasteiger partial charge < -0.3 is 20.1 Å². The molecule has 1 aliphatic heterocycles. The molecule has 0 spiro atoms. The van der Waals surface area contributed by atoms with Crippen molar-refractivity contribution in [1.29, 1.82) is 0 Å². The highest BCUT2D eigenvalue weighted by Crippen LogP contribution is 2.34. The number of carbonyl (C=O) groups excluding carboxylic acids is 1. The van der Waals surface area contributed by atoms with Gasteiger partial charge in [-0.3, -0.25) is 0 Å². The number of rotatable bonds is 2. The summed E-state index contributed by atoms with van der Waals surface area (Å²) in [5, 5.41) is 9.73. The Kier molecular flexibility index (Phi) is 4.31. The van der Waals surface area contributed by atoms with Gasteiger partial charge in [-0.2, -0.15) is 0 Å². The molecule has 0 saturated carbocycles. The van der Waals surface area contributed by atoms with Crippen LogP contribution in [-0.4, -0.2) is 42.3 Å². The molecule has 1 aromatic carbocycles. The molecule has 22 heavy (non-hydrogen) atoms. The number of aromatic nitrogens is 1. The standard InChI is InChI=1S/C15H17ClN4O2/c1-10-13(18-15(21)20-8-6-17-7-9-20)14(19-22-10)11-4-2-3-5-12(11)16/h2-5,17H,6-9H2,1H3,(H,18,21)/p+1. The van der Waals surface area contributed by atoms with Gasteiger partial charge >= 0.3 is 6.03 Å². The van der Waals surface area contributed by atoms with Crippen molar-refractivity contribution in [3.63, 3.8) is 0 Å². The molecule has 0 radical (unpaired) electrons. The first-order chi connectivity index (χ1) is 10.7. The maximum atomic E-state index is 12.4. The van der Waals surface area contributed by atoms with E-state index >= 15 is 0 Å². The van der Waals surface area contributed by atoms with Crippen molar-refractivity contribution in [1.82, 2.24) is 10.1 Å². The van der Waals surface area contributed by atoms with Crippen LogP contribution in [0.4, 0.5) is 10.5 Å². The number of quaternary nitrogens is 1. The van der Waals surface area contributed by atoms with E-state index in [-0.39, 0.29) is 6.03 Å². The lowest BCUT2D eigenvalue weighted by atomic mass is 10.1. The summed E-state index contributed by atoms with van der Waals surface area (Å²) in [5.41, 5.74) is 1.87. The zero-order valence-corrected chi connectivity index (χ0v) is 13.1. The molecule has 0 aliphatic carbocycles. The lowest BCUT2D eigenvalue weighted by molar-refractivity contribution is -0.661. The van der Waals surface area contributed by atoms with Crippen LogP contribution in [0.25, 0.3) is 11.3 Å². The van der Waals surface area contributed by atoms with Crippen molar-refractivity contribution >= 4 is 23.3 Å². The summed E-state index contributed by atoms with van der Waals surface area (Å²) in [5.74, 6) is 0.562. The average Bonchev–Trinajstić information content (AvgIpc) is 2.90. The Labute approximate surface area is 133 Å². The van der Waals surface area contributed by atoms with Crippen molar-refractivity contribution < 1.29 is 14.6 Å². The van der Waals surface area contributed by atoms with Gasteiger partial charge in [-0.1, -0.05) is 35.0 Å². The van der Waals surface area contributed by atoms with Crippen LogP contribution in [0.5, 0.6) is 0 Å². The molecule has 116 valence electrons. The molecule has 1 fully saturated rings. The van der Waals surface area contributed by atoms with Crippen LogP contribution >= 0.6 is 11.6 Å². The van der Waals surface area contributed by atoms with E-state index in [9.17, 15) is 4.79 Å². The number of halogens is 1. The van der Waals surface area contributed by atoms with Gasteiger partial charge in [-0.05, 0) is 13.0 Å². The van der Waals surface area contributed by atoms with E-state index in [1.165, 1.54) is 0 Å². The van der Waals surface area contributed by atoms with Crippen LogP contribution in [0.2, 0.25) is 5.02 Å². The van der Waals surface area contributed by atoms with Gasteiger partial charge in [-0.15, -0.1) is 0 Å². The van der Waals surface area contributed by atoms with Crippen molar-refractivity contribution in [3.05, 3.63) is 35.0 Å². The number of nitrogens with zero attached hydrogens (tertiary/aromatic N) is 2. The topological polar surface area (TPSA) is 75.0 Å². The molecular weight excluding hydrogens is 304 g/mol. The first kappa shape index (κ1) is 14.9. The van der Waals surface area contributed by atoms with Crippen LogP contribution < -0.4 is 10.6 Å². The molecular formula is C15H18ClN4O2+. The first-order valence-corrected chi connectivity index (χ1v) is 7.63. The van der Waals surface area contributed by atoms with Crippen LogP contribution in [0, 0.1) is 6.92 Å². The second kappa shape index (κ2) is 6.37. The van der Waals surface area contributed by atoms with Gasteiger partial charge in [0.15, 0.2) is 5.76 Å². The van der Waals surface area contributed by atoms with Crippen molar-refractivity contribution in [2.75, 3.05) is 31.5 Å². The third-order valence-electron chi connectivity index (χ3n) is 3.72. The summed E-state index contributed by atoms with van der Waals surface area (Å²) in [6.07, 6.45) is 0. The van der Waals surface area contributed by atoms with Crippen LogP contribution in [-0.2, 0) is 0 Å². The minimum atomic E-state index is -0.132. The predicted octanol–water partition coefficient (Wildman–Crippen LogP) is 1.71. The Morgan fingerprint density at radius 2 is 2.09 bits per heavy atom. The van der Waals surface area contributed by atoms with Crippen LogP contribution in [0.1, 0.15) is 5.76 Å². The number of hydrogen-bond acceptors (Lipinski definition) is 3. The van der Waals surface area contributed by atoms with Gasteiger partial charge in [0.05, 0.1) is 31.2 Å². The molecule has 0 unspecified atom stereocenters. The summed E-state index contributed by atoms with van der Waals surface area (Å²) in [6, 6.07) is 7.23. The number of hydrogen-bond donors (Lipinski definition) is 2. The summed E-state index contributed by atoms with van der Waals surface area (Å²) in [7, 11) is 0. The highest BCUT2D eigenvalue weighted by Gasteiger charge is 2.23. The van der Waals surface area contributed by atoms with E-state index in [2.05, 4.69) is 15.8 Å². The quantitative estimate of drug-likeness (QED) is 0.884. The van der Waals surface area contributed by atoms with Gasteiger partial charge in [0, 0.05) is 5.56 Å². The third kappa shape index (κ3) is 2.93. The van der Waals surface area contributed by atoms with Crippen LogP contribution in [0.15, 0.2) is 28.8 Å².